The molecule has 0 radical (unpaired) electrons. The number of methoxy groups -OCH3 is 2. The maximum absolute atomic E-state index is 13.5. The number of carbonyl (C=O) groups excluding carboxylic acids is 2. The van der Waals surface area contributed by atoms with Gasteiger partial charge < -0.3 is 19.7 Å². The zero-order chi connectivity index (χ0) is 28.4. The Morgan fingerprint density at radius 3 is 2.13 bits per heavy atom. The third-order valence-electron chi connectivity index (χ3n) is 6.90. The van der Waals surface area contributed by atoms with E-state index >= 15 is 0 Å². The minimum atomic E-state index is -0.975. The fourth-order valence-electron chi connectivity index (χ4n) is 4.88. The van der Waals surface area contributed by atoms with Crippen LogP contribution in [0.15, 0.2) is 66.2 Å². The molecule has 202 valence electrons. The predicted molar refractivity (Wildman–Crippen MR) is 147 cm³/mol. The van der Waals surface area contributed by atoms with E-state index in [-0.39, 0.29) is 23.7 Å². The maximum Gasteiger partial charge on any atom is 0.307 e. The predicted octanol–water partition coefficient (Wildman–Crippen LogP) is 5.39. The zero-order valence-corrected chi connectivity index (χ0v) is 22.5. The van der Waals surface area contributed by atoms with Crippen LogP contribution in [0, 0.1) is 6.92 Å². The van der Waals surface area contributed by atoms with E-state index < -0.39 is 23.7 Å². The molecule has 0 saturated carbocycles. The van der Waals surface area contributed by atoms with Crippen LogP contribution in [0.4, 0.5) is 5.69 Å². The van der Waals surface area contributed by atoms with Crippen LogP contribution in [0.2, 0.25) is 0 Å². The molecule has 39 heavy (non-hydrogen) atoms. The fourth-order valence-corrected chi connectivity index (χ4v) is 4.88. The summed E-state index contributed by atoms with van der Waals surface area (Å²) in [6, 6.07) is 16.0. The third-order valence-corrected chi connectivity index (χ3v) is 6.90. The van der Waals surface area contributed by atoms with Gasteiger partial charge in [0.25, 0.3) is 11.7 Å². The molecule has 4 rings (SSSR count). The number of benzene rings is 3. The molecular weight excluding hydrogens is 498 g/mol. The summed E-state index contributed by atoms with van der Waals surface area (Å²) in [6.45, 7) is 5.81. The number of hydrogen-bond acceptors (Lipinski definition) is 6. The Morgan fingerprint density at radius 1 is 0.949 bits per heavy atom. The van der Waals surface area contributed by atoms with Gasteiger partial charge in [0.05, 0.1) is 32.3 Å². The standard InChI is InChI=1S/C31H31NO7/c1-17(2)23-16-24(18(3)14-25(23)39-5)29(35)27-28(20-8-12-22(38-4)13-9-20)32(31(37)30(27)36)21-10-6-19(7-11-21)15-26(33)34/h6-14,16-17,28,35H,15H2,1-5H3,(H,33,34)/b29-27+. The van der Waals surface area contributed by atoms with Crippen molar-refractivity contribution in [3.05, 3.63) is 94.1 Å². The summed E-state index contributed by atoms with van der Waals surface area (Å²) in [4.78, 5) is 39.5. The van der Waals surface area contributed by atoms with Crippen LogP contribution >= 0.6 is 0 Å². The van der Waals surface area contributed by atoms with Crippen molar-refractivity contribution in [1.29, 1.82) is 0 Å². The Hall–Kier alpha value is -4.59. The second-order valence-electron chi connectivity index (χ2n) is 9.74. The number of carboxylic acids is 1. The Balaban J connectivity index is 1.93. The van der Waals surface area contributed by atoms with Crippen molar-refractivity contribution in [3.8, 4) is 11.5 Å². The number of aliphatic hydroxyl groups is 1. The molecule has 1 fully saturated rings. The molecule has 1 saturated heterocycles. The average molecular weight is 530 g/mol. The lowest BCUT2D eigenvalue weighted by Gasteiger charge is -2.26. The second kappa shape index (κ2) is 11.0. The van der Waals surface area contributed by atoms with Crippen molar-refractivity contribution in [2.45, 2.75) is 39.2 Å². The van der Waals surface area contributed by atoms with Gasteiger partial charge in [-0.3, -0.25) is 19.3 Å². The first-order valence-electron chi connectivity index (χ1n) is 12.5. The van der Waals surface area contributed by atoms with Crippen LogP contribution in [0.1, 0.15) is 53.6 Å². The molecule has 1 aliphatic rings. The minimum absolute atomic E-state index is 0.0391. The van der Waals surface area contributed by atoms with E-state index in [1.807, 2.05) is 19.9 Å². The van der Waals surface area contributed by atoms with Crippen molar-refractivity contribution >= 4 is 29.1 Å². The minimum Gasteiger partial charge on any atom is -0.507 e. The summed E-state index contributed by atoms with van der Waals surface area (Å²) in [5, 5.41) is 20.8. The summed E-state index contributed by atoms with van der Waals surface area (Å²) in [5.41, 5.74) is 3.50. The Kier molecular flexibility index (Phi) is 7.76. The van der Waals surface area contributed by atoms with Gasteiger partial charge in [-0.25, -0.2) is 0 Å². The summed E-state index contributed by atoms with van der Waals surface area (Å²) in [6.07, 6.45) is -0.171. The average Bonchev–Trinajstić information content (AvgIpc) is 3.18. The molecule has 0 aliphatic carbocycles. The molecule has 1 aliphatic heterocycles. The number of carboxylic acid groups (broad SMARTS) is 1. The number of nitrogens with zero attached hydrogens (tertiary/aromatic N) is 1. The molecule has 3 aromatic rings. The van der Waals surface area contributed by atoms with E-state index in [0.29, 0.717) is 39.4 Å². The van der Waals surface area contributed by atoms with Crippen LogP contribution < -0.4 is 14.4 Å². The molecule has 0 aromatic heterocycles. The number of anilines is 1. The Labute approximate surface area is 227 Å². The summed E-state index contributed by atoms with van der Waals surface area (Å²) < 4.78 is 10.8. The number of ketones is 1. The molecule has 1 unspecified atom stereocenters. The molecule has 1 heterocycles. The number of aliphatic carboxylic acids is 1. The largest absolute Gasteiger partial charge is 0.507 e. The van der Waals surface area contributed by atoms with E-state index in [0.717, 1.165) is 5.56 Å². The monoisotopic (exact) mass is 529 g/mol. The summed E-state index contributed by atoms with van der Waals surface area (Å²) in [5.74, 6) is -1.51. The number of amides is 1. The van der Waals surface area contributed by atoms with Gasteiger partial charge in [0.1, 0.15) is 17.3 Å². The van der Waals surface area contributed by atoms with Crippen LogP contribution in [-0.2, 0) is 20.8 Å². The SMILES string of the molecule is COc1ccc(C2/C(=C(\O)c3cc(C(C)C)c(OC)cc3C)C(=O)C(=O)N2c2ccc(CC(=O)O)cc2)cc1. The van der Waals surface area contributed by atoms with Crippen LogP contribution in [0.25, 0.3) is 5.76 Å². The third kappa shape index (κ3) is 5.23. The Bertz CT molecular complexity index is 1450. The van der Waals surface area contributed by atoms with Gasteiger partial charge in [0.15, 0.2) is 0 Å². The van der Waals surface area contributed by atoms with Crippen molar-refractivity contribution in [2.24, 2.45) is 0 Å². The van der Waals surface area contributed by atoms with Gasteiger partial charge in [-0.05, 0) is 71.5 Å². The number of aryl methyl sites for hydroxylation is 1. The molecule has 0 spiro atoms. The van der Waals surface area contributed by atoms with Gasteiger partial charge >= 0.3 is 5.97 Å². The second-order valence-corrected chi connectivity index (χ2v) is 9.74. The quantitative estimate of drug-likeness (QED) is 0.229. The van der Waals surface area contributed by atoms with Crippen molar-refractivity contribution < 1.29 is 34.1 Å². The van der Waals surface area contributed by atoms with E-state index in [9.17, 15) is 19.5 Å². The van der Waals surface area contributed by atoms with Crippen LogP contribution in [0.3, 0.4) is 0 Å². The highest BCUT2D eigenvalue weighted by atomic mass is 16.5. The summed E-state index contributed by atoms with van der Waals surface area (Å²) in [7, 11) is 3.12. The first kappa shape index (κ1) is 27.4. The first-order chi connectivity index (χ1) is 18.6. The molecule has 2 N–H and O–H groups in total. The van der Waals surface area contributed by atoms with Crippen molar-refractivity contribution in [3.63, 3.8) is 0 Å². The highest BCUT2D eigenvalue weighted by Gasteiger charge is 2.47. The molecule has 1 amide bonds. The highest BCUT2D eigenvalue weighted by Crippen LogP contribution is 2.43. The van der Waals surface area contributed by atoms with Gasteiger partial charge in [0.2, 0.25) is 0 Å². The molecule has 8 heteroatoms. The lowest BCUT2D eigenvalue weighted by Crippen LogP contribution is -2.29. The van der Waals surface area contributed by atoms with E-state index in [4.69, 9.17) is 14.6 Å². The molecule has 0 bridgehead atoms. The van der Waals surface area contributed by atoms with Crippen molar-refractivity contribution in [2.75, 3.05) is 19.1 Å². The number of Topliss-reactive ketones (excluding diaryl/α,β-unsaturated/α-hetero) is 1. The van der Waals surface area contributed by atoms with Gasteiger partial charge in [0, 0.05) is 11.3 Å². The smallest absolute Gasteiger partial charge is 0.307 e. The highest BCUT2D eigenvalue weighted by molar-refractivity contribution is 6.51. The number of rotatable bonds is 8. The zero-order valence-electron chi connectivity index (χ0n) is 22.5. The van der Waals surface area contributed by atoms with E-state index in [1.54, 1.807) is 75.7 Å². The molecule has 8 nitrogen and oxygen atoms in total. The topological polar surface area (TPSA) is 113 Å². The first-order valence-corrected chi connectivity index (χ1v) is 12.5. The normalized spacial score (nSPS) is 16.6. The molecular formula is C31H31NO7. The van der Waals surface area contributed by atoms with Crippen molar-refractivity contribution in [1.82, 2.24) is 0 Å². The number of hydrogen-bond donors (Lipinski definition) is 2. The molecule has 3 aromatic carbocycles. The number of ether oxygens (including phenoxy) is 2. The Morgan fingerprint density at radius 2 is 1.59 bits per heavy atom. The van der Waals surface area contributed by atoms with Gasteiger partial charge in [-0.1, -0.05) is 38.1 Å². The molecule has 1 atom stereocenters. The fraction of sp³-hybridized carbons (Fsp3) is 0.258. The van der Waals surface area contributed by atoms with Gasteiger partial charge in [-0.15, -0.1) is 0 Å². The van der Waals surface area contributed by atoms with E-state index in [2.05, 4.69) is 0 Å². The van der Waals surface area contributed by atoms with Gasteiger partial charge in [-0.2, -0.15) is 0 Å². The van der Waals surface area contributed by atoms with Crippen LogP contribution in [-0.4, -0.2) is 42.1 Å². The lowest BCUT2D eigenvalue weighted by atomic mass is 9.91. The summed E-state index contributed by atoms with van der Waals surface area (Å²) >= 11 is 0. The number of carbonyl (C=O) groups is 3. The number of aliphatic hydroxyl groups excluding tert-OH is 1. The van der Waals surface area contributed by atoms with E-state index in [1.165, 1.54) is 4.90 Å². The lowest BCUT2D eigenvalue weighted by molar-refractivity contribution is -0.136. The maximum atomic E-state index is 13.5. The van der Waals surface area contributed by atoms with Crippen LogP contribution in [0.5, 0.6) is 11.5 Å².